The first-order valence-corrected chi connectivity index (χ1v) is 8.83. The summed E-state index contributed by atoms with van der Waals surface area (Å²) in [5.74, 6) is 0.700. The number of carboxylic acid groups (broad SMARTS) is 1. The summed E-state index contributed by atoms with van der Waals surface area (Å²) in [7, 11) is 0. The Bertz CT molecular complexity index is 503. The van der Waals surface area contributed by atoms with Crippen molar-refractivity contribution < 1.29 is 14.6 Å². The molecule has 2 fully saturated rings. The predicted molar refractivity (Wildman–Crippen MR) is 87.4 cm³/mol. The summed E-state index contributed by atoms with van der Waals surface area (Å²) in [6.07, 6.45) is 2.61. The maximum Gasteiger partial charge on any atom is 0.321 e. The van der Waals surface area contributed by atoms with Gasteiger partial charge in [0.1, 0.15) is 18.4 Å². The van der Waals surface area contributed by atoms with Gasteiger partial charge in [0.25, 0.3) is 0 Å². The Labute approximate surface area is 135 Å². The van der Waals surface area contributed by atoms with E-state index in [1.807, 2.05) is 24.3 Å². The highest BCUT2D eigenvalue weighted by Crippen LogP contribution is 2.33. The van der Waals surface area contributed by atoms with Crippen molar-refractivity contribution in [2.75, 3.05) is 32.0 Å². The van der Waals surface area contributed by atoms with E-state index in [4.69, 9.17) is 9.84 Å². The Morgan fingerprint density at radius 3 is 2.68 bits per heavy atom. The molecule has 1 aromatic carbocycles. The highest BCUT2D eigenvalue weighted by molar-refractivity contribution is 7.99. The zero-order valence-electron chi connectivity index (χ0n) is 12.5. The monoisotopic (exact) mass is 322 g/mol. The number of rotatable bonds is 6. The number of likely N-dealkylation sites (tertiary alicyclic amines) is 1. The van der Waals surface area contributed by atoms with Crippen molar-refractivity contribution in [3.05, 3.63) is 29.8 Å². The van der Waals surface area contributed by atoms with E-state index in [0.717, 1.165) is 24.5 Å². The Balaban J connectivity index is 1.47. The molecule has 1 aromatic rings. The molecule has 2 unspecified atom stereocenters. The van der Waals surface area contributed by atoms with E-state index < -0.39 is 12.0 Å². The number of nitrogens with one attached hydrogen (secondary N) is 1. The Hall–Kier alpha value is -1.24. The van der Waals surface area contributed by atoms with Gasteiger partial charge in [-0.25, -0.2) is 0 Å². The maximum absolute atomic E-state index is 11.0. The van der Waals surface area contributed by atoms with Gasteiger partial charge in [0.15, 0.2) is 0 Å². The molecule has 3 rings (SSSR count). The summed E-state index contributed by atoms with van der Waals surface area (Å²) in [6.45, 7) is 4.09. The fourth-order valence-corrected chi connectivity index (χ4v) is 4.08. The molecule has 0 saturated carbocycles. The highest BCUT2D eigenvalue weighted by Gasteiger charge is 2.30. The zero-order chi connectivity index (χ0) is 15.4. The molecule has 0 amide bonds. The van der Waals surface area contributed by atoms with E-state index in [2.05, 4.69) is 10.2 Å². The van der Waals surface area contributed by atoms with Crippen molar-refractivity contribution in [1.29, 1.82) is 0 Å². The largest absolute Gasteiger partial charge is 0.492 e. The lowest BCUT2D eigenvalue weighted by Crippen LogP contribution is -2.33. The van der Waals surface area contributed by atoms with Gasteiger partial charge in [0, 0.05) is 12.3 Å². The lowest BCUT2D eigenvalue weighted by molar-refractivity contribution is -0.138. The normalized spacial score (nSPS) is 25.5. The topological polar surface area (TPSA) is 61.8 Å². The minimum Gasteiger partial charge on any atom is -0.492 e. The van der Waals surface area contributed by atoms with Crippen LogP contribution in [0, 0.1) is 0 Å². The van der Waals surface area contributed by atoms with Crippen molar-refractivity contribution in [2.24, 2.45) is 0 Å². The lowest BCUT2D eigenvalue weighted by atomic mass is 10.2. The molecule has 2 atom stereocenters. The van der Waals surface area contributed by atoms with Crippen LogP contribution in [0.15, 0.2) is 24.3 Å². The molecular formula is C16H22N2O3S. The smallest absolute Gasteiger partial charge is 0.321 e. The molecule has 2 aliphatic rings. The van der Waals surface area contributed by atoms with Crippen LogP contribution >= 0.6 is 11.8 Å². The maximum atomic E-state index is 11.0. The van der Waals surface area contributed by atoms with E-state index in [1.165, 1.54) is 25.9 Å². The number of carbonyl (C=O) groups is 1. The van der Waals surface area contributed by atoms with E-state index in [9.17, 15) is 4.79 Å². The van der Waals surface area contributed by atoms with Crippen LogP contribution < -0.4 is 10.1 Å². The second-order valence-electron chi connectivity index (χ2n) is 5.74. The molecule has 2 aliphatic heterocycles. The molecule has 5 nitrogen and oxygen atoms in total. The molecule has 6 heteroatoms. The second kappa shape index (κ2) is 7.35. The van der Waals surface area contributed by atoms with Crippen LogP contribution in [0.5, 0.6) is 5.75 Å². The average molecular weight is 322 g/mol. The molecule has 0 aliphatic carbocycles. The minimum atomic E-state index is -0.781. The van der Waals surface area contributed by atoms with Crippen molar-refractivity contribution >= 4 is 17.7 Å². The second-order valence-corrected chi connectivity index (χ2v) is 6.88. The van der Waals surface area contributed by atoms with Crippen LogP contribution in [0.1, 0.15) is 23.8 Å². The summed E-state index contributed by atoms with van der Waals surface area (Å²) >= 11 is 1.63. The number of nitrogens with zero attached hydrogens (tertiary/aromatic N) is 1. The van der Waals surface area contributed by atoms with E-state index in [1.54, 1.807) is 11.8 Å². The fraction of sp³-hybridized carbons (Fsp3) is 0.562. The van der Waals surface area contributed by atoms with Crippen LogP contribution in [0.3, 0.4) is 0 Å². The number of ether oxygens (including phenoxy) is 1. The summed E-state index contributed by atoms with van der Waals surface area (Å²) in [6, 6.07) is 7.51. The van der Waals surface area contributed by atoms with Gasteiger partial charge in [-0.1, -0.05) is 12.1 Å². The zero-order valence-corrected chi connectivity index (χ0v) is 13.3. The molecular weight excluding hydrogens is 300 g/mol. The Morgan fingerprint density at radius 2 is 2.05 bits per heavy atom. The number of thioether (sulfide) groups is 1. The third-order valence-corrected chi connectivity index (χ3v) is 5.41. The molecule has 22 heavy (non-hydrogen) atoms. The van der Waals surface area contributed by atoms with Gasteiger partial charge in [-0.2, -0.15) is 0 Å². The predicted octanol–water partition coefficient (Wildman–Crippen LogP) is 1.95. The summed E-state index contributed by atoms with van der Waals surface area (Å²) in [5, 5.41) is 12.2. The van der Waals surface area contributed by atoms with E-state index in [0.29, 0.717) is 5.75 Å². The molecule has 0 bridgehead atoms. The van der Waals surface area contributed by atoms with Gasteiger partial charge in [0.2, 0.25) is 0 Å². The number of aliphatic carboxylic acids is 1. The summed E-state index contributed by atoms with van der Waals surface area (Å²) in [5.41, 5.74) is 1.10. The van der Waals surface area contributed by atoms with Crippen LogP contribution in [0.2, 0.25) is 0 Å². The standard InChI is InChI=1S/C16H22N2O3S/c19-16(20)14-11-22-15(17-14)12-3-5-13(6-4-12)21-10-9-18-7-1-2-8-18/h3-6,14-15,17H,1-2,7-11H2,(H,19,20). The van der Waals surface area contributed by atoms with Crippen LogP contribution in [0.4, 0.5) is 0 Å². The van der Waals surface area contributed by atoms with Crippen molar-refractivity contribution in [3.8, 4) is 5.75 Å². The number of hydrogen-bond donors (Lipinski definition) is 2. The Morgan fingerprint density at radius 1 is 1.32 bits per heavy atom. The quantitative estimate of drug-likeness (QED) is 0.835. The first-order valence-electron chi connectivity index (χ1n) is 7.78. The summed E-state index contributed by atoms with van der Waals surface area (Å²) in [4.78, 5) is 13.4. The van der Waals surface area contributed by atoms with E-state index in [-0.39, 0.29) is 5.37 Å². The number of benzene rings is 1. The average Bonchev–Trinajstić information content (AvgIpc) is 3.19. The van der Waals surface area contributed by atoms with Gasteiger partial charge in [0.05, 0.1) is 5.37 Å². The fourth-order valence-electron chi connectivity index (χ4n) is 2.84. The Kier molecular flexibility index (Phi) is 5.23. The lowest BCUT2D eigenvalue weighted by Gasteiger charge is -2.15. The van der Waals surface area contributed by atoms with Crippen LogP contribution in [0.25, 0.3) is 0 Å². The van der Waals surface area contributed by atoms with Gasteiger partial charge >= 0.3 is 5.97 Å². The van der Waals surface area contributed by atoms with Crippen molar-refractivity contribution in [2.45, 2.75) is 24.3 Å². The molecule has 2 saturated heterocycles. The molecule has 2 heterocycles. The van der Waals surface area contributed by atoms with E-state index >= 15 is 0 Å². The molecule has 0 spiro atoms. The third kappa shape index (κ3) is 3.94. The van der Waals surface area contributed by atoms with Crippen LogP contribution in [-0.2, 0) is 4.79 Å². The van der Waals surface area contributed by atoms with Crippen LogP contribution in [-0.4, -0.2) is 54.0 Å². The molecule has 0 aromatic heterocycles. The van der Waals surface area contributed by atoms with Gasteiger partial charge in [-0.3, -0.25) is 15.0 Å². The highest BCUT2D eigenvalue weighted by atomic mass is 32.2. The number of carboxylic acids is 1. The van der Waals surface area contributed by atoms with Crippen molar-refractivity contribution in [1.82, 2.24) is 10.2 Å². The summed E-state index contributed by atoms with van der Waals surface area (Å²) < 4.78 is 5.78. The van der Waals surface area contributed by atoms with Crippen molar-refractivity contribution in [3.63, 3.8) is 0 Å². The molecule has 120 valence electrons. The SMILES string of the molecule is O=C(O)C1CSC(c2ccc(OCCN3CCCC3)cc2)N1. The molecule has 0 radical (unpaired) electrons. The third-order valence-electron chi connectivity index (χ3n) is 4.14. The van der Waals surface area contributed by atoms with Gasteiger partial charge in [-0.15, -0.1) is 11.8 Å². The first-order chi connectivity index (χ1) is 10.7. The van der Waals surface area contributed by atoms with Gasteiger partial charge < -0.3 is 9.84 Å². The van der Waals surface area contributed by atoms with Gasteiger partial charge in [-0.05, 0) is 43.6 Å². The minimum absolute atomic E-state index is 0.0553. The number of hydrogen-bond acceptors (Lipinski definition) is 5. The molecule has 2 N–H and O–H groups in total. The first kappa shape index (κ1) is 15.6.